The highest BCUT2D eigenvalue weighted by Crippen LogP contribution is 2.59. The second-order valence-electron chi connectivity index (χ2n) is 15.6. The number of ether oxygens (including phenoxy) is 2. The number of rotatable bonds is 27. The number of imidazole rings is 2. The number of sulfone groups is 2. The smallest absolute Gasteiger partial charge is 0.387 e. The normalized spacial score (nSPS) is 25.1. The lowest BCUT2D eigenvalue weighted by Gasteiger charge is -2.19. The molecule has 2 aliphatic heterocycles. The number of thioether (sulfide) groups is 2. The minimum Gasteiger partial charge on any atom is -0.387 e. The molecule has 0 saturated carbocycles. The summed E-state index contributed by atoms with van der Waals surface area (Å²) in [7, 11) is -29.0. The molecule has 406 valence electrons. The van der Waals surface area contributed by atoms with Gasteiger partial charge < -0.3 is 70.7 Å². The van der Waals surface area contributed by atoms with Crippen molar-refractivity contribution in [2.75, 3.05) is 59.2 Å². The van der Waals surface area contributed by atoms with Crippen molar-refractivity contribution in [3.05, 3.63) is 12.7 Å². The number of hydrogen-bond acceptors (Lipinski definition) is 28. The van der Waals surface area contributed by atoms with Gasteiger partial charge in [-0.05, 0) is 12.8 Å². The Labute approximate surface area is 414 Å². The Morgan fingerprint density at radius 1 is 0.569 bits per heavy atom. The maximum atomic E-state index is 13.0. The monoisotopic (exact) mass is 1180 g/mol. The van der Waals surface area contributed by atoms with E-state index in [1.54, 1.807) is 0 Å². The number of aromatic nitrogens is 8. The number of nitrogens with zero attached hydrogens (tertiary/aromatic N) is 8. The molecule has 72 heavy (non-hydrogen) atoms. The minimum atomic E-state index is -5.47. The molecule has 0 aromatic carbocycles. The molecule has 4 aromatic rings. The molecule has 42 heteroatoms. The molecule has 4 aromatic heterocycles. The topological polar surface area (TPSA) is 533 Å². The number of phosphoric ester groups is 2. The first-order valence-corrected chi connectivity index (χ1v) is 32.2. The van der Waals surface area contributed by atoms with Gasteiger partial charge >= 0.3 is 31.3 Å². The maximum Gasteiger partial charge on any atom is 0.481 e. The minimum absolute atomic E-state index is 0.00931. The van der Waals surface area contributed by atoms with Crippen LogP contribution < -0.4 is 11.5 Å². The van der Waals surface area contributed by atoms with Crippen LogP contribution in [0.3, 0.4) is 0 Å². The molecule has 34 nitrogen and oxygen atoms in total. The number of fused-ring (bicyclic) bond motifs is 2. The Morgan fingerprint density at radius 3 is 1.28 bits per heavy atom. The van der Waals surface area contributed by atoms with Gasteiger partial charge in [-0.15, -0.1) is 0 Å². The van der Waals surface area contributed by atoms with E-state index in [9.17, 15) is 65.3 Å². The van der Waals surface area contributed by atoms with E-state index in [1.807, 2.05) is 0 Å². The van der Waals surface area contributed by atoms with Gasteiger partial charge in [0.2, 0.25) is 0 Å². The number of unbranched alkanes of at least 4 members (excludes halogenated alkanes) is 3. The van der Waals surface area contributed by atoms with E-state index in [-0.39, 0.29) is 91.6 Å². The summed E-state index contributed by atoms with van der Waals surface area (Å²) < 4.78 is 128. The molecule has 6 rings (SSSR count). The largest absolute Gasteiger partial charge is 0.481 e. The van der Waals surface area contributed by atoms with Crippen LogP contribution in [0.5, 0.6) is 0 Å². The third kappa shape index (κ3) is 15.6. The van der Waals surface area contributed by atoms with Gasteiger partial charge in [-0.25, -0.2) is 65.0 Å². The van der Waals surface area contributed by atoms with Crippen LogP contribution >= 0.6 is 54.8 Å². The third-order valence-corrected chi connectivity index (χ3v) is 20.5. The Kier molecular flexibility index (Phi) is 19.2. The second-order valence-corrected chi connectivity index (χ2v) is 28.0. The number of nitrogens with two attached hydrogens (primary N) is 2. The van der Waals surface area contributed by atoms with Crippen molar-refractivity contribution in [1.29, 1.82) is 0 Å². The number of nitrogen functional groups attached to an aromatic ring is 2. The van der Waals surface area contributed by atoms with Crippen LogP contribution in [0.2, 0.25) is 0 Å². The van der Waals surface area contributed by atoms with E-state index in [0.29, 0.717) is 12.8 Å². The highest BCUT2D eigenvalue weighted by Gasteiger charge is 2.48. The first-order chi connectivity index (χ1) is 33.4. The molecule has 0 radical (unpaired) electrons. The molecular weight excluding hydrogens is 1140 g/mol. The van der Waals surface area contributed by atoms with E-state index >= 15 is 0 Å². The van der Waals surface area contributed by atoms with Gasteiger partial charge in [-0.2, -0.15) is 8.62 Å². The van der Waals surface area contributed by atoms with E-state index in [1.165, 1.54) is 9.13 Å². The summed E-state index contributed by atoms with van der Waals surface area (Å²) in [4.78, 5) is 79.3. The SMILES string of the molecule is Nc1ncnc2c1nc(SCCS(=O)(=O)CCCCCCS(=O)(=O)CCSc1nc3c(N)ncnc3n1C1O[C@H](COP(=O)(O)OP(=O)(O)O)[C@@H](O)[C@H]1O)n2C1O[C@H](COP(=O)(O)OP(=O)(O)O)[C@H](O)[C@@H]1O. The summed E-state index contributed by atoms with van der Waals surface area (Å²) in [5.74, 6) is -1.65. The highest BCUT2D eigenvalue weighted by atomic mass is 32.2. The molecule has 10 atom stereocenters. The number of aliphatic hydroxyl groups is 4. The van der Waals surface area contributed by atoms with Gasteiger partial charge in [0, 0.05) is 11.5 Å². The predicted molar refractivity (Wildman–Crippen MR) is 246 cm³/mol. The van der Waals surface area contributed by atoms with Crippen molar-refractivity contribution in [1.82, 2.24) is 39.0 Å². The summed E-state index contributed by atoms with van der Waals surface area (Å²) in [6.07, 6.45) is -10.1. The molecule has 0 spiro atoms. The van der Waals surface area contributed by atoms with Crippen molar-refractivity contribution < 1.29 is 112 Å². The fourth-order valence-electron chi connectivity index (χ4n) is 7.01. The fourth-order valence-corrected chi connectivity index (χ4v) is 15.9. The Morgan fingerprint density at radius 2 is 0.931 bits per heavy atom. The summed E-state index contributed by atoms with van der Waals surface area (Å²) in [5, 5.41) is 43.2. The van der Waals surface area contributed by atoms with Crippen molar-refractivity contribution in [3.63, 3.8) is 0 Å². The maximum absolute atomic E-state index is 13.0. The van der Waals surface area contributed by atoms with Gasteiger partial charge in [0.25, 0.3) is 0 Å². The first-order valence-electron chi connectivity index (χ1n) is 20.5. The van der Waals surface area contributed by atoms with Gasteiger partial charge in [0.15, 0.2) is 76.4 Å². The van der Waals surface area contributed by atoms with Crippen molar-refractivity contribution in [2.45, 2.75) is 85.1 Å². The average molecular weight is 1180 g/mol. The molecule has 0 aliphatic carbocycles. The number of hydrogen-bond donors (Lipinski definition) is 12. The lowest BCUT2D eigenvalue weighted by molar-refractivity contribution is -0.0540. The lowest BCUT2D eigenvalue weighted by atomic mass is 10.1. The fraction of sp³-hybridized carbons (Fsp3) is 0.667. The Hall–Kier alpha value is -2.42. The summed E-state index contributed by atoms with van der Waals surface area (Å²) in [6.45, 7) is -1.98. The van der Waals surface area contributed by atoms with E-state index in [2.05, 4.69) is 47.6 Å². The number of anilines is 2. The number of aliphatic hydroxyl groups excluding tert-OH is 4. The molecule has 2 saturated heterocycles. The van der Waals surface area contributed by atoms with Crippen LogP contribution in [0.1, 0.15) is 38.1 Å². The summed E-state index contributed by atoms with van der Waals surface area (Å²) in [5.41, 5.74) is 12.0. The lowest BCUT2D eigenvalue weighted by Crippen LogP contribution is -2.33. The molecular formula is C30H48N10O24P4S4. The molecule has 2 aliphatic rings. The molecule has 4 unspecified atom stereocenters. The van der Waals surface area contributed by atoms with Crippen molar-refractivity contribution >= 4 is 108 Å². The van der Waals surface area contributed by atoms with E-state index in [4.69, 9.17) is 40.5 Å². The first kappa shape index (κ1) is 58.8. The van der Waals surface area contributed by atoms with Crippen molar-refractivity contribution in [2.24, 2.45) is 0 Å². The Bertz CT molecular complexity index is 2800. The summed E-state index contributed by atoms with van der Waals surface area (Å²) in [6, 6.07) is 0. The zero-order valence-corrected chi connectivity index (χ0v) is 43.4. The zero-order valence-electron chi connectivity index (χ0n) is 36.6. The molecule has 0 amide bonds. The van der Waals surface area contributed by atoms with E-state index in [0.717, 1.165) is 36.2 Å². The zero-order chi connectivity index (χ0) is 53.2. The molecule has 6 heterocycles. The van der Waals surface area contributed by atoms with Crippen LogP contribution in [-0.4, -0.2) is 190 Å². The van der Waals surface area contributed by atoms with Crippen LogP contribution in [0.4, 0.5) is 11.6 Å². The molecule has 2 fully saturated rings. The quantitative estimate of drug-likeness (QED) is 0.0176. The van der Waals surface area contributed by atoms with Crippen LogP contribution in [-0.2, 0) is 65.1 Å². The predicted octanol–water partition coefficient (Wildman–Crippen LogP) is -1.90. The van der Waals surface area contributed by atoms with Gasteiger partial charge in [-0.3, -0.25) is 18.2 Å². The van der Waals surface area contributed by atoms with E-state index < -0.39 is 113 Å². The Balaban J connectivity index is 0.969. The van der Waals surface area contributed by atoms with Gasteiger partial charge in [0.05, 0.1) is 36.2 Å². The van der Waals surface area contributed by atoms with Crippen molar-refractivity contribution in [3.8, 4) is 0 Å². The van der Waals surface area contributed by atoms with Crippen LogP contribution in [0.25, 0.3) is 22.3 Å². The van der Waals surface area contributed by atoms with Gasteiger partial charge in [-0.1, -0.05) is 36.4 Å². The number of phosphoric acid groups is 4. The molecule has 0 bridgehead atoms. The standard InChI is InChI=1S/C30H48N10O24P4S4/c31-23-17-25(35-13-33-23)39(27-21(43)19(41)15(61-27)11-59-67(51,52)63-65(45,46)47)29(37-17)69-5-9-71(55,56)7-3-1-2-4-8-72(57,58)10-6-70-30-38-18-24(32)34-14-36-26(18)40(30)28-22(44)20(42)16(62-28)12-60-68(53,54)64-66(48,49)50/h13-16,19-22,27-28,41-44H,1-12H2,(H,51,52)(H,53,54)(H2,31,33,35)(H2,32,34,36)(H2,45,46,47)(H2,48,49,50)/t15-,16-,19-,20+,21-,22+,27?,28?/m1/s1. The van der Waals surface area contributed by atoms with Gasteiger partial charge in [0.1, 0.15) is 49.3 Å². The second kappa shape index (κ2) is 23.4. The summed E-state index contributed by atoms with van der Waals surface area (Å²) >= 11 is 1.78. The molecule has 14 N–H and O–H groups in total. The van der Waals surface area contributed by atoms with Crippen LogP contribution in [0.15, 0.2) is 23.0 Å². The average Bonchev–Trinajstić information content (AvgIpc) is 3.97. The third-order valence-electron chi connectivity index (χ3n) is 10.3. The highest BCUT2D eigenvalue weighted by molar-refractivity contribution is 8.01. The van der Waals surface area contributed by atoms with Crippen LogP contribution in [0, 0.1) is 0 Å².